The number of fused-ring (bicyclic) bond motifs is 1. The van der Waals surface area contributed by atoms with Gasteiger partial charge in [0.25, 0.3) is 0 Å². The van der Waals surface area contributed by atoms with Gasteiger partial charge in [-0.3, -0.25) is 4.57 Å². The van der Waals surface area contributed by atoms with Gasteiger partial charge in [-0.15, -0.1) is 0 Å². The standard InChI is InChI=1S/C24H25IN6O/c1-32-20-9-4-16(5-10-20)15-31-23-21(3-2-12-26-23)30-24(31)29-19-8-7-18(13-19)28-22-11-6-17(25)14-27-22/h2-6,9-12,14,18-19H,7-8,13,15H2,1H3,(H,27,28)(H,29,30). The number of hydrogen-bond donors (Lipinski definition) is 2. The van der Waals surface area contributed by atoms with Crippen molar-refractivity contribution in [1.82, 2.24) is 19.5 Å². The maximum absolute atomic E-state index is 5.29. The molecule has 7 nitrogen and oxygen atoms in total. The van der Waals surface area contributed by atoms with Crippen LogP contribution in [-0.2, 0) is 6.54 Å². The third kappa shape index (κ3) is 4.64. The Morgan fingerprint density at radius 2 is 1.84 bits per heavy atom. The number of hydrogen-bond acceptors (Lipinski definition) is 6. The summed E-state index contributed by atoms with van der Waals surface area (Å²) in [6.07, 6.45) is 6.92. The number of nitrogens with zero attached hydrogens (tertiary/aromatic N) is 4. The molecular formula is C24H25IN6O. The molecule has 0 saturated heterocycles. The van der Waals surface area contributed by atoms with Crippen molar-refractivity contribution in [2.45, 2.75) is 37.9 Å². The normalized spacial score (nSPS) is 18.1. The number of pyridine rings is 2. The molecule has 2 unspecified atom stereocenters. The molecule has 3 heterocycles. The quantitative estimate of drug-likeness (QED) is 0.324. The van der Waals surface area contributed by atoms with E-state index in [1.165, 1.54) is 5.56 Å². The van der Waals surface area contributed by atoms with E-state index in [0.29, 0.717) is 18.6 Å². The first kappa shape index (κ1) is 21.0. The molecular weight excluding hydrogens is 515 g/mol. The molecule has 32 heavy (non-hydrogen) atoms. The Balaban J connectivity index is 1.32. The Morgan fingerprint density at radius 1 is 1.03 bits per heavy atom. The van der Waals surface area contributed by atoms with Crippen molar-refractivity contribution < 1.29 is 4.74 Å². The molecule has 1 aliphatic carbocycles. The van der Waals surface area contributed by atoms with Crippen LogP contribution in [0, 0.1) is 3.57 Å². The SMILES string of the molecule is COc1ccc(Cn2c(NC3CCC(Nc4ccc(I)cn4)C3)nc3cccnc32)cc1. The van der Waals surface area contributed by atoms with Crippen molar-refractivity contribution in [2.75, 3.05) is 17.7 Å². The van der Waals surface area contributed by atoms with E-state index in [1.807, 2.05) is 42.7 Å². The van der Waals surface area contributed by atoms with Gasteiger partial charge in [0.1, 0.15) is 17.1 Å². The van der Waals surface area contributed by atoms with E-state index in [-0.39, 0.29) is 0 Å². The minimum Gasteiger partial charge on any atom is -0.497 e. The number of halogens is 1. The molecule has 1 fully saturated rings. The molecule has 5 rings (SSSR count). The average molecular weight is 540 g/mol. The summed E-state index contributed by atoms with van der Waals surface area (Å²) < 4.78 is 8.60. The monoisotopic (exact) mass is 540 g/mol. The number of benzene rings is 1. The van der Waals surface area contributed by atoms with E-state index in [9.17, 15) is 0 Å². The largest absolute Gasteiger partial charge is 0.497 e. The van der Waals surface area contributed by atoms with E-state index in [4.69, 9.17) is 9.72 Å². The molecule has 0 radical (unpaired) electrons. The number of nitrogens with one attached hydrogen (secondary N) is 2. The maximum atomic E-state index is 5.29. The van der Waals surface area contributed by atoms with Crippen molar-refractivity contribution in [3.05, 3.63) is 70.1 Å². The first-order chi connectivity index (χ1) is 15.7. The van der Waals surface area contributed by atoms with Gasteiger partial charge < -0.3 is 15.4 Å². The van der Waals surface area contributed by atoms with Gasteiger partial charge in [0.05, 0.1) is 13.7 Å². The van der Waals surface area contributed by atoms with E-state index in [0.717, 1.165) is 51.5 Å². The number of anilines is 2. The highest BCUT2D eigenvalue weighted by Crippen LogP contribution is 2.27. The van der Waals surface area contributed by atoms with Crippen LogP contribution in [0.5, 0.6) is 5.75 Å². The second-order valence-electron chi connectivity index (χ2n) is 8.07. The highest BCUT2D eigenvalue weighted by molar-refractivity contribution is 14.1. The maximum Gasteiger partial charge on any atom is 0.205 e. The number of rotatable bonds is 7. The molecule has 1 aromatic carbocycles. The first-order valence-electron chi connectivity index (χ1n) is 10.8. The van der Waals surface area contributed by atoms with E-state index in [1.54, 1.807) is 7.11 Å². The third-order valence-electron chi connectivity index (χ3n) is 5.85. The molecule has 0 amide bonds. The molecule has 4 aromatic rings. The number of imidazole rings is 1. The number of aromatic nitrogens is 4. The lowest BCUT2D eigenvalue weighted by Gasteiger charge is -2.17. The van der Waals surface area contributed by atoms with Crippen LogP contribution in [0.1, 0.15) is 24.8 Å². The van der Waals surface area contributed by atoms with E-state index >= 15 is 0 Å². The smallest absolute Gasteiger partial charge is 0.205 e. The fourth-order valence-corrected chi connectivity index (χ4v) is 4.55. The second kappa shape index (κ2) is 9.32. The molecule has 0 spiro atoms. The van der Waals surface area contributed by atoms with Gasteiger partial charge >= 0.3 is 0 Å². The van der Waals surface area contributed by atoms with Gasteiger partial charge in [0, 0.05) is 28.0 Å². The minimum atomic E-state index is 0.350. The molecule has 1 aliphatic rings. The molecule has 0 bridgehead atoms. The highest BCUT2D eigenvalue weighted by atomic mass is 127. The zero-order valence-electron chi connectivity index (χ0n) is 17.8. The average Bonchev–Trinajstić information content (AvgIpc) is 3.40. The fraction of sp³-hybridized carbons (Fsp3) is 0.292. The van der Waals surface area contributed by atoms with E-state index in [2.05, 4.69) is 66.0 Å². The fourth-order valence-electron chi connectivity index (χ4n) is 4.23. The van der Waals surface area contributed by atoms with Gasteiger partial charge in [-0.25, -0.2) is 15.0 Å². The predicted molar refractivity (Wildman–Crippen MR) is 135 cm³/mol. The van der Waals surface area contributed by atoms with Crippen LogP contribution in [0.25, 0.3) is 11.2 Å². The molecule has 1 saturated carbocycles. The van der Waals surface area contributed by atoms with Gasteiger partial charge in [-0.05, 0) is 83.8 Å². The third-order valence-corrected chi connectivity index (χ3v) is 6.49. The summed E-state index contributed by atoms with van der Waals surface area (Å²) in [6.45, 7) is 0.695. The summed E-state index contributed by atoms with van der Waals surface area (Å²) in [6, 6.07) is 17.0. The second-order valence-corrected chi connectivity index (χ2v) is 9.32. The Morgan fingerprint density at radius 3 is 2.59 bits per heavy atom. The van der Waals surface area contributed by atoms with Gasteiger partial charge in [-0.1, -0.05) is 12.1 Å². The summed E-state index contributed by atoms with van der Waals surface area (Å²) in [5.74, 6) is 2.66. The van der Waals surface area contributed by atoms with Gasteiger partial charge in [-0.2, -0.15) is 0 Å². The molecule has 164 valence electrons. The summed E-state index contributed by atoms with van der Waals surface area (Å²) in [4.78, 5) is 13.9. The Kier molecular flexibility index (Phi) is 6.11. The van der Waals surface area contributed by atoms with Crippen LogP contribution < -0.4 is 15.4 Å². The number of methoxy groups -OCH3 is 1. The lowest BCUT2D eigenvalue weighted by Crippen LogP contribution is -2.23. The Hall–Kier alpha value is -2.88. The molecule has 0 aliphatic heterocycles. The lowest BCUT2D eigenvalue weighted by molar-refractivity contribution is 0.414. The zero-order valence-corrected chi connectivity index (χ0v) is 20.0. The zero-order chi connectivity index (χ0) is 21.9. The summed E-state index contributed by atoms with van der Waals surface area (Å²) in [7, 11) is 1.68. The van der Waals surface area contributed by atoms with Crippen LogP contribution >= 0.6 is 22.6 Å². The predicted octanol–water partition coefficient (Wildman–Crippen LogP) is 4.93. The van der Waals surface area contributed by atoms with Crippen LogP contribution in [0.15, 0.2) is 60.9 Å². The van der Waals surface area contributed by atoms with E-state index < -0.39 is 0 Å². The molecule has 2 atom stereocenters. The lowest BCUT2D eigenvalue weighted by atomic mass is 10.2. The van der Waals surface area contributed by atoms with Crippen molar-refractivity contribution >= 4 is 45.5 Å². The van der Waals surface area contributed by atoms with Crippen molar-refractivity contribution in [2.24, 2.45) is 0 Å². The Bertz CT molecular complexity index is 1190. The number of ether oxygens (including phenoxy) is 1. The first-order valence-corrected chi connectivity index (χ1v) is 11.8. The van der Waals surface area contributed by atoms with Crippen molar-refractivity contribution in [3.8, 4) is 5.75 Å². The summed E-state index contributed by atoms with van der Waals surface area (Å²) >= 11 is 2.28. The van der Waals surface area contributed by atoms with Crippen LogP contribution in [0.2, 0.25) is 0 Å². The molecule has 2 N–H and O–H groups in total. The molecule has 3 aromatic heterocycles. The summed E-state index contributed by atoms with van der Waals surface area (Å²) in [5, 5.41) is 7.26. The van der Waals surface area contributed by atoms with Crippen LogP contribution in [0.3, 0.4) is 0 Å². The van der Waals surface area contributed by atoms with Crippen LogP contribution in [0.4, 0.5) is 11.8 Å². The minimum absolute atomic E-state index is 0.350. The molecule has 8 heteroatoms. The van der Waals surface area contributed by atoms with Gasteiger partial charge in [0.15, 0.2) is 5.65 Å². The Labute approximate surface area is 200 Å². The van der Waals surface area contributed by atoms with Gasteiger partial charge in [0.2, 0.25) is 5.95 Å². The van der Waals surface area contributed by atoms with Crippen LogP contribution in [-0.4, -0.2) is 38.7 Å². The highest BCUT2D eigenvalue weighted by Gasteiger charge is 2.26. The topological polar surface area (TPSA) is 76.9 Å². The van der Waals surface area contributed by atoms with Crippen molar-refractivity contribution in [1.29, 1.82) is 0 Å². The summed E-state index contributed by atoms with van der Waals surface area (Å²) in [5.41, 5.74) is 2.97. The van der Waals surface area contributed by atoms with Crippen molar-refractivity contribution in [3.63, 3.8) is 0 Å².